The van der Waals surface area contributed by atoms with Crippen LogP contribution in [0, 0.1) is 12.3 Å². The first-order valence-corrected chi connectivity index (χ1v) is 2.76. The molecule has 1 aromatic rings. The Labute approximate surface area is 54.1 Å². The van der Waals surface area contributed by atoms with E-state index in [-0.39, 0.29) is 0 Å². The van der Waals surface area contributed by atoms with Gasteiger partial charge >= 0.3 is 0 Å². The highest BCUT2D eigenvalue weighted by atomic mass is 14.7. The number of pyridine rings is 1. The first-order chi connectivity index (χ1) is 4.33. The van der Waals surface area contributed by atoms with E-state index in [1.54, 1.807) is 6.20 Å². The molecule has 1 aromatic heterocycles. The van der Waals surface area contributed by atoms with Crippen LogP contribution in [0.25, 0.3) is 0 Å². The molecular weight excluding hydrogens is 112 g/mol. The van der Waals surface area contributed by atoms with E-state index in [9.17, 15) is 0 Å². The molecule has 0 aliphatic rings. The van der Waals surface area contributed by atoms with Gasteiger partial charge in [-0.15, -0.1) is 0 Å². The molecule has 0 radical (unpaired) electrons. The van der Waals surface area contributed by atoms with Gasteiger partial charge in [0.2, 0.25) is 0 Å². The van der Waals surface area contributed by atoms with Gasteiger partial charge in [-0.05, 0) is 24.6 Å². The normalized spacial score (nSPS) is 9.00. The standard InChI is InChI=1S/C7H8N2/c1-6-2-3-9-7(4-6)5-8/h2-5,8H,1H3. The Morgan fingerprint density at radius 1 is 1.67 bits per heavy atom. The second-order valence-electron chi connectivity index (χ2n) is 1.90. The molecule has 1 heterocycles. The van der Waals surface area contributed by atoms with Gasteiger partial charge in [0, 0.05) is 12.4 Å². The van der Waals surface area contributed by atoms with E-state index < -0.39 is 0 Å². The number of rotatable bonds is 1. The van der Waals surface area contributed by atoms with Crippen molar-refractivity contribution in [1.82, 2.24) is 4.98 Å². The highest BCUT2D eigenvalue weighted by Gasteiger charge is 1.85. The molecule has 1 N–H and O–H groups in total. The molecule has 0 aliphatic heterocycles. The zero-order chi connectivity index (χ0) is 6.69. The summed E-state index contributed by atoms with van der Waals surface area (Å²) in [6.07, 6.45) is 2.95. The largest absolute Gasteiger partial charge is 0.307 e. The monoisotopic (exact) mass is 120 g/mol. The maximum Gasteiger partial charge on any atom is 0.0807 e. The first kappa shape index (κ1) is 5.95. The van der Waals surface area contributed by atoms with Crippen molar-refractivity contribution in [3.63, 3.8) is 0 Å². The Morgan fingerprint density at radius 3 is 2.89 bits per heavy atom. The number of nitrogens with one attached hydrogen (secondary N) is 1. The lowest BCUT2D eigenvalue weighted by molar-refractivity contribution is 1.26. The van der Waals surface area contributed by atoms with Crippen molar-refractivity contribution in [3.05, 3.63) is 29.6 Å². The van der Waals surface area contributed by atoms with Crippen molar-refractivity contribution in [2.24, 2.45) is 0 Å². The summed E-state index contributed by atoms with van der Waals surface area (Å²) in [6, 6.07) is 3.78. The summed E-state index contributed by atoms with van der Waals surface area (Å²) in [7, 11) is 0. The van der Waals surface area contributed by atoms with Crippen molar-refractivity contribution in [1.29, 1.82) is 5.41 Å². The molecule has 9 heavy (non-hydrogen) atoms. The van der Waals surface area contributed by atoms with Crippen LogP contribution in [0.5, 0.6) is 0 Å². The lowest BCUT2D eigenvalue weighted by Crippen LogP contribution is -1.84. The minimum atomic E-state index is 0.718. The van der Waals surface area contributed by atoms with Gasteiger partial charge < -0.3 is 5.41 Å². The summed E-state index contributed by atoms with van der Waals surface area (Å²) in [5.41, 5.74) is 1.86. The molecule has 0 aliphatic carbocycles. The predicted molar refractivity (Wildman–Crippen MR) is 36.9 cm³/mol. The SMILES string of the molecule is Cc1ccnc(C=N)c1. The van der Waals surface area contributed by atoms with Crippen molar-refractivity contribution < 1.29 is 0 Å². The van der Waals surface area contributed by atoms with E-state index in [4.69, 9.17) is 5.41 Å². The van der Waals surface area contributed by atoms with Gasteiger partial charge in [-0.3, -0.25) is 4.98 Å². The maximum atomic E-state index is 6.85. The van der Waals surface area contributed by atoms with Crippen molar-refractivity contribution in [3.8, 4) is 0 Å². The summed E-state index contributed by atoms with van der Waals surface area (Å²) in [5, 5.41) is 6.85. The average Bonchev–Trinajstić information content (AvgIpc) is 1.88. The number of hydrogen-bond donors (Lipinski definition) is 1. The van der Waals surface area contributed by atoms with Crippen LogP contribution in [0.3, 0.4) is 0 Å². The smallest absolute Gasteiger partial charge is 0.0807 e. The van der Waals surface area contributed by atoms with E-state index in [1.165, 1.54) is 6.21 Å². The van der Waals surface area contributed by atoms with Crippen LogP contribution in [0.4, 0.5) is 0 Å². The first-order valence-electron chi connectivity index (χ1n) is 2.76. The Hall–Kier alpha value is -1.18. The van der Waals surface area contributed by atoms with Crippen molar-refractivity contribution >= 4 is 6.21 Å². The molecule has 0 amide bonds. The number of hydrogen-bond acceptors (Lipinski definition) is 2. The van der Waals surface area contributed by atoms with Gasteiger partial charge in [-0.1, -0.05) is 0 Å². The molecule has 0 saturated carbocycles. The molecule has 0 saturated heterocycles. The molecule has 0 bridgehead atoms. The van der Waals surface area contributed by atoms with Crippen LogP contribution in [0.15, 0.2) is 18.3 Å². The Kier molecular flexibility index (Phi) is 1.58. The van der Waals surface area contributed by atoms with E-state index in [0.29, 0.717) is 0 Å². The van der Waals surface area contributed by atoms with Crippen LogP contribution < -0.4 is 0 Å². The van der Waals surface area contributed by atoms with Gasteiger partial charge in [-0.2, -0.15) is 0 Å². The van der Waals surface area contributed by atoms with E-state index in [0.717, 1.165) is 11.3 Å². The zero-order valence-corrected chi connectivity index (χ0v) is 5.26. The van der Waals surface area contributed by atoms with Crippen LogP contribution in [-0.2, 0) is 0 Å². The third-order valence-electron chi connectivity index (χ3n) is 1.08. The summed E-state index contributed by atoms with van der Waals surface area (Å²) in [5.74, 6) is 0. The fraction of sp³-hybridized carbons (Fsp3) is 0.143. The van der Waals surface area contributed by atoms with Crippen molar-refractivity contribution in [2.45, 2.75) is 6.92 Å². The number of aromatic nitrogens is 1. The van der Waals surface area contributed by atoms with Crippen LogP contribution >= 0.6 is 0 Å². The summed E-state index contributed by atoms with van der Waals surface area (Å²) in [4.78, 5) is 3.92. The lowest BCUT2D eigenvalue weighted by Gasteiger charge is -1.90. The summed E-state index contributed by atoms with van der Waals surface area (Å²) < 4.78 is 0. The third kappa shape index (κ3) is 1.35. The van der Waals surface area contributed by atoms with Gasteiger partial charge in [0.25, 0.3) is 0 Å². The summed E-state index contributed by atoms with van der Waals surface area (Å²) >= 11 is 0. The minimum absolute atomic E-state index is 0.718. The predicted octanol–water partition coefficient (Wildman–Crippen LogP) is 1.39. The maximum absolute atomic E-state index is 6.85. The second-order valence-corrected chi connectivity index (χ2v) is 1.90. The highest BCUT2D eigenvalue weighted by molar-refractivity contribution is 5.73. The van der Waals surface area contributed by atoms with E-state index in [2.05, 4.69) is 4.98 Å². The fourth-order valence-corrected chi connectivity index (χ4v) is 0.638. The average molecular weight is 120 g/mol. The quantitative estimate of drug-likeness (QED) is 0.558. The minimum Gasteiger partial charge on any atom is -0.307 e. The van der Waals surface area contributed by atoms with Crippen molar-refractivity contribution in [2.75, 3.05) is 0 Å². The molecule has 0 atom stereocenters. The number of aryl methyl sites for hydroxylation is 1. The molecule has 2 nitrogen and oxygen atoms in total. The molecular formula is C7H8N2. The topological polar surface area (TPSA) is 36.7 Å². The van der Waals surface area contributed by atoms with Gasteiger partial charge in [0.05, 0.1) is 5.69 Å². The van der Waals surface area contributed by atoms with Crippen LogP contribution in [-0.4, -0.2) is 11.2 Å². The number of nitrogens with zero attached hydrogens (tertiary/aromatic N) is 1. The molecule has 1 rings (SSSR count). The van der Waals surface area contributed by atoms with E-state index >= 15 is 0 Å². The lowest BCUT2D eigenvalue weighted by atomic mass is 10.2. The Morgan fingerprint density at radius 2 is 2.44 bits per heavy atom. The molecule has 0 unspecified atom stereocenters. The van der Waals surface area contributed by atoms with Gasteiger partial charge in [0.1, 0.15) is 0 Å². The third-order valence-corrected chi connectivity index (χ3v) is 1.08. The molecule has 0 aromatic carbocycles. The van der Waals surface area contributed by atoms with Crippen LogP contribution in [0.2, 0.25) is 0 Å². The summed E-state index contributed by atoms with van der Waals surface area (Å²) in [6.45, 7) is 1.98. The van der Waals surface area contributed by atoms with Gasteiger partial charge in [-0.25, -0.2) is 0 Å². The zero-order valence-electron chi connectivity index (χ0n) is 5.26. The van der Waals surface area contributed by atoms with E-state index in [1.807, 2.05) is 19.1 Å². The molecule has 2 heteroatoms. The molecule has 46 valence electrons. The Balaban J connectivity index is 3.07. The highest BCUT2D eigenvalue weighted by Crippen LogP contribution is 1.95. The molecule has 0 fully saturated rings. The fourth-order valence-electron chi connectivity index (χ4n) is 0.638. The Bertz CT molecular complexity index is 218. The second kappa shape index (κ2) is 2.40. The van der Waals surface area contributed by atoms with Crippen LogP contribution in [0.1, 0.15) is 11.3 Å². The van der Waals surface area contributed by atoms with Gasteiger partial charge in [0.15, 0.2) is 0 Å². The molecule has 0 spiro atoms.